The molecule has 0 saturated heterocycles. The van der Waals surface area contributed by atoms with Gasteiger partial charge in [0, 0.05) is 16.7 Å². The van der Waals surface area contributed by atoms with Crippen LogP contribution in [0.2, 0.25) is 10.0 Å². The SMILES string of the molecule is NC(=O)c1ccc[n+](Cc2ccc(Cl)cc2Cl)c1.[Cl-]. The highest BCUT2D eigenvalue weighted by Crippen LogP contribution is 2.20. The van der Waals surface area contributed by atoms with E-state index >= 15 is 0 Å². The number of pyridine rings is 1. The quantitative estimate of drug-likeness (QED) is 0.758. The molecule has 0 spiro atoms. The lowest BCUT2D eigenvalue weighted by Crippen LogP contribution is -3.00. The maximum Gasteiger partial charge on any atom is 0.254 e. The third kappa shape index (κ3) is 4.10. The van der Waals surface area contributed by atoms with Gasteiger partial charge in [-0.2, -0.15) is 4.57 Å². The molecule has 0 radical (unpaired) electrons. The zero-order valence-electron chi connectivity index (χ0n) is 9.82. The Hall–Kier alpha value is -1.29. The normalized spacial score (nSPS) is 9.79. The van der Waals surface area contributed by atoms with Gasteiger partial charge in [0.2, 0.25) is 0 Å². The van der Waals surface area contributed by atoms with E-state index < -0.39 is 5.91 Å². The number of hydrogen-bond donors (Lipinski definition) is 1. The lowest BCUT2D eigenvalue weighted by molar-refractivity contribution is -0.688. The third-order valence-electron chi connectivity index (χ3n) is 2.51. The van der Waals surface area contributed by atoms with Crippen molar-refractivity contribution >= 4 is 29.1 Å². The van der Waals surface area contributed by atoms with Gasteiger partial charge in [-0.3, -0.25) is 4.79 Å². The predicted octanol–water partition coefficient (Wildman–Crippen LogP) is -0.568. The van der Waals surface area contributed by atoms with E-state index in [1.54, 1.807) is 30.5 Å². The van der Waals surface area contributed by atoms with Crippen molar-refractivity contribution in [1.82, 2.24) is 0 Å². The number of rotatable bonds is 3. The molecule has 0 aliphatic rings. The minimum atomic E-state index is -0.452. The van der Waals surface area contributed by atoms with Gasteiger partial charge in [-0.1, -0.05) is 23.2 Å². The van der Waals surface area contributed by atoms with Gasteiger partial charge in [-0.25, -0.2) is 0 Å². The van der Waals surface area contributed by atoms with E-state index in [1.165, 1.54) is 0 Å². The molecule has 0 fully saturated rings. The van der Waals surface area contributed by atoms with Gasteiger partial charge in [0.15, 0.2) is 18.9 Å². The van der Waals surface area contributed by atoms with Gasteiger partial charge in [0.25, 0.3) is 5.91 Å². The Labute approximate surface area is 127 Å². The van der Waals surface area contributed by atoms with Crippen molar-refractivity contribution in [2.45, 2.75) is 6.54 Å². The van der Waals surface area contributed by atoms with E-state index in [-0.39, 0.29) is 12.4 Å². The molecule has 19 heavy (non-hydrogen) atoms. The summed E-state index contributed by atoms with van der Waals surface area (Å²) in [6.07, 6.45) is 3.53. The molecule has 0 unspecified atom stereocenters. The molecule has 0 aliphatic heterocycles. The molecule has 1 aromatic heterocycles. The summed E-state index contributed by atoms with van der Waals surface area (Å²) in [6.45, 7) is 0.553. The van der Waals surface area contributed by atoms with E-state index in [0.717, 1.165) is 5.56 Å². The molecule has 0 atom stereocenters. The average Bonchev–Trinajstić information content (AvgIpc) is 2.33. The highest BCUT2D eigenvalue weighted by atomic mass is 35.5. The van der Waals surface area contributed by atoms with Crippen LogP contribution in [-0.2, 0) is 6.54 Å². The monoisotopic (exact) mass is 316 g/mol. The number of nitrogens with zero attached hydrogens (tertiary/aromatic N) is 1. The average molecular weight is 318 g/mol. The number of aromatic nitrogens is 1. The van der Waals surface area contributed by atoms with Gasteiger partial charge >= 0.3 is 0 Å². The number of amides is 1. The maximum atomic E-state index is 11.1. The second kappa shape index (κ2) is 6.75. The second-order valence-electron chi connectivity index (χ2n) is 3.86. The van der Waals surface area contributed by atoms with Crippen molar-refractivity contribution in [2.75, 3.05) is 0 Å². The van der Waals surface area contributed by atoms with Gasteiger partial charge in [-0.15, -0.1) is 0 Å². The Bertz CT molecular complexity index is 602. The Balaban J connectivity index is 0.00000180. The minimum Gasteiger partial charge on any atom is -1.00 e. The van der Waals surface area contributed by atoms with Crippen LogP contribution in [0.25, 0.3) is 0 Å². The van der Waals surface area contributed by atoms with Crippen molar-refractivity contribution in [2.24, 2.45) is 5.73 Å². The molecule has 1 heterocycles. The van der Waals surface area contributed by atoms with E-state index in [0.29, 0.717) is 22.2 Å². The van der Waals surface area contributed by atoms with Crippen LogP contribution in [0.15, 0.2) is 42.7 Å². The Morgan fingerprint density at radius 3 is 2.63 bits per heavy atom. The van der Waals surface area contributed by atoms with Crippen LogP contribution in [0.5, 0.6) is 0 Å². The minimum absolute atomic E-state index is 0. The van der Waals surface area contributed by atoms with Crippen LogP contribution >= 0.6 is 23.2 Å². The number of carbonyl (C=O) groups is 1. The summed E-state index contributed by atoms with van der Waals surface area (Å²) in [5.74, 6) is -0.452. The maximum absolute atomic E-state index is 11.1. The first-order chi connectivity index (χ1) is 8.56. The molecular formula is C13H11Cl3N2O. The standard InChI is InChI=1S/C13H10Cl2N2O.ClH/c14-11-4-3-9(12(15)6-11)7-17-5-1-2-10(8-17)13(16)18;/h1-6,8H,7H2,(H-,16,18);1H. The lowest BCUT2D eigenvalue weighted by Gasteiger charge is -2.02. The van der Waals surface area contributed by atoms with Gasteiger partial charge in [0.05, 0.1) is 5.02 Å². The molecule has 2 rings (SSSR count). The fourth-order valence-electron chi connectivity index (χ4n) is 1.61. The lowest BCUT2D eigenvalue weighted by atomic mass is 10.2. The van der Waals surface area contributed by atoms with Crippen LogP contribution in [-0.4, -0.2) is 5.91 Å². The van der Waals surface area contributed by atoms with Gasteiger partial charge in [-0.05, 0) is 24.3 Å². The first-order valence-corrected chi connectivity index (χ1v) is 6.04. The Morgan fingerprint density at radius 1 is 1.26 bits per heavy atom. The second-order valence-corrected chi connectivity index (χ2v) is 4.71. The molecule has 2 N–H and O–H groups in total. The van der Waals surface area contributed by atoms with Crippen LogP contribution in [0, 0.1) is 0 Å². The van der Waals surface area contributed by atoms with Crippen molar-refractivity contribution in [3.8, 4) is 0 Å². The van der Waals surface area contributed by atoms with E-state index in [4.69, 9.17) is 28.9 Å². The zero-order valence-corrected chi connectivity index (χ0v) is 12.1. The summed E-state index contributed by atoms with van der Waals surface area (Å²) < 4.78 is 1.84. The van der Waals surface area contributed by atoms with Crippen LogP contribution in [0.4, 0.5) is 0 Å². The van der Waals surface area contributed by atoms with Gasteiger partial charge < -0.3 is 18.1 Å². The summed E-state index contributed by atoms with van der Waals surface area (Å²) in [5, 5.41) is 1.19. The third-order valence-corrected chi connectivity index (χ3v) is 3.10. The molecular weight excluding hydrogens is 307 g/mol. The van der Waals surface area contributed by atoms with E-state index in [2.05, 4.69) is 0 Å². The number of halogens is 3. The van der Waals surface area contributed by atoms with Crippen LogP contribution in [0.3, 0.4) is 0 Å². The predicted molar refractivity (Wildman–Crippen MR) is 70.7 cm³/mol. The van der Waals surface area contributed by atoms with Crippen molar-refractivity contribution in [3.05, 3.63) is 63.9 Å². The number of benzene rings is 1. The fourth-order valence-corrected chi connectivity index (χ4v) is 2.08. The molecule has 6 heteroatoms. The summed E-state index contributed by atoms with van der Waals surface area (Å²) in [5.41, 5.74) is 6.61. The summed E-state index contributed by atoms with van der Waals surface area (Å²) in [7, 11) is 0. The van der Waals surface area contributed by atoms with E-state index in [1.807, 2.05) is 16.8 Å². The van der Waals surface area contributed by atoms with Crippen molar-refractivity contribution in [3.63, 3.8) is 0 Å². The van der Waals surface area contributed by atoms with Crippen molar-refractivity contribution < 1.29 is 21.8 Å². The summed E-state index contributed by atoms with van der Waals surface area (Å²) >= 11 is 11.9. The molecule has 3 nitrogen and oxygen atoms in total. The molecule has 1 aromatic carbocycles. The first kappa shape index (κ1) is 15.8. The topological polar surface area (TPSA) is 47.0 Å². The van der Waals surface area contributed by atoms with Crippen LogP contribution < -0.4 is 22.7 Å². The molecule has 1 amide bonds. The molecule has 100 valence electrons. The highest BCUT2D eigenvalue weighted by molar-refractivity contribution is 6.35. The highest BCUT2D eigenvalue weighted by Gasteiger charge is 2.10. The Morgan fingerprint density at radius 2 is 2.00 bits per heavy atom. The number of primary amides is 1. The van der Waals surface area contributed by atoms with E-state index in [9.17, 15) is 4.79 Å². The first-order valence-electron chi connectivity index (χ1n) is 5.29. The zero-order chi connectivity index (χ0) is 13.1. The smallest absolute Gasteiger partial charge is 0.254 e. The molecule has 0 bridgehead atoms. The van der Waals surface area contributed by atoms with Crippen molar-refractivity contribution in [1.29, 1.82) is 0 Å². The van der Waals surface area contributed by atoms with Gasteiger partial charge in [0.1, 0.15) is 5.56 Å². The van der Waals surface area contributed by atoms with Crippen LogP contribution in [0.1, 0.15) is 15.9 Å². The molecule has 0 aliphatic carbocycles. The molecule has 2 aromatic rings. The number of hydrogen-bond acceptors (Lipinski definition) is 1. The fraction of sp³-hybridized carbons (Fsp3) is 0.0769. The Kier molecular flexibility index (Phi) is 5.60. The molecule has 0 saturated carbocycles. The number of nitrogens with two attached hydrogens (primary N) is 1. The number of carbonyl (C=O) groups excluding carboxylic acids is 1. The summed E-state index contributed by atoms with van der Waals surface area (Å²) in [6, 6.07) is 8.76. The largest absolute Gasteiger partial charge is 1.00 e. The summed E-state index contributed by atoms with van der Waals surface area (Å²) in [4.78, 5) is 11.1.